The summed E-state index contributed by atoms with van der Waals surface area (Å²) < 4.78 is 14.8. The van der Waals surface area contributed by atoms with E-state index in [9.17, 15) is 4.79 Å². The predicted octanol–water partition coefficient (Wildman–Crippen LogP) is 1.33. The molecule has 1 aromatic heterocycles. The zero-order chi connectivity index (χ0) is 14.5. The minimum Gasteiger partial charge on any atom is -0.493 e. The normalized spacial score (nSPS) is 10.2. The quantitative estimate of drug-likeness (QED) is 0.887. The van der Waals surface area contributed by atoms with Crippen LogP contribution in [0.1, 0.15) is 21.7 Å². The van der Waals surface area contributed by atoms with Gasteiger partial charge in [0.25, 0.3) is 5.91 Å². The van der Waals surface area contributed by atoms with Gasteiger partial charge in [-0.3, -0.25) is 4.79 Å². The van der Waals surface area contributed by atoms with Crippen LogP contribution >= 0.6 is 0 Å². The zero-order valence-electron chi connectivity index (χ0n) is 11.5. The van der Waals surface area contributed by atoms with Crippen LogP contribution in [-0.4, -0.2) is 30.4 Å². The van der Waals surface area contributed by atoms with Crippen LogP contribution in [-0.2, 0) is 6.54 Å². The van der Waals surface area contributed by atoms with Crippen LogP contribution in [0.3, 0.4) is 0 Å². The van der Waals surface area contributed by atoms with Gasteiger partial charge in [0.05, 0.1) is 14.2 Å². The molecule has 1 amide bonds. The lowest BCUT2D eigenvalue weighted by Gasteiger charge is -2.09. The maximum atomic E-state index is 11.8. The summed E-state index contributed by atoms with van der Waals surface area (Å²) >= 11 is 0. The molecule has 0 aliphatic rings. The van der Waals surface area contributed by atoms with Crippen molar-refractivity contribution >= 4 is 5.91 Å². The van der Waals surface area contributed by atoms with E-state index in [0.29, 0.717) is 23.7 Å². The van der Waals surface area contributed by atoms with E-state index in [4.69, 9.17) is 9.47 Å². The number of methoxy groups -OCH3 is 2. The van der Waals surface area contributed by atoms with Gasteiger partial charge in [-0.05, 0) is 29.8 Å². The summed E-state index contributed by atoms with van der Waals surface area (Å²) in [7, 11) is 3.13. The third-order valence-corrected chi connectivity index (χ3v) is 2.77. The first-order chi connectivity index (χ1) is 9.65. The van der Waals surface area contributed by atoms with Crippen molar-refractivity contribution in [1.82, 2.24) is 15.6 Å². The molecular weight excluding hydrogens is 262 g/mol. The average Bonchev–Trinajstić information content (AvgIpc) is 2.90. The first-order valence-electron chi connectivity index (χ1n) is 5.94. The second-order valence-corrected chi connectivity index (χ2v) is 4.07. The summed E-state index contributed by atoms with van der Waals surface area (Å²) in [5.74, 6) is 0.913. The van der Waals surface area contributed by atoms with Crippen LogP contribution in [0, 0.1) is 6.92 Å². The lowest BCUT2D eigenvalue weighted by atomic mass is 10.2. The molecule has 0 atom stereocenters. The second-order valence-electron chi connectivity index (χ2n) is 4.07. The van der Waals surface area contributed by atoms with Gasteiger partial charge in [0.15, 0.2) is 17.2 Å². The number of benzene rings is 1. The Balaban J connectivity index is 2.04. The number of amides is 1. The Morgan fingerprint density at radius 3 is 2.60 bits per heavy atom. The Bertz CT molecular complexity index is 609. The number of carbonyl (C=O) groups is 1. The highest BCUT2D eigenvalue weighted by molar-refractivity contribution is 5.92. The fourth-order valence-corrected chi connectivity index (χ4v) is 1.69. The third-order valence-electron chi connectivity index (χ3n) is 2.77. The Morgan fingerprint density at radius 1 is 1.25 bits per heavy atom. The SMILES string of the molecule is COc1ccc(CNC(=O)c2nonc2C)cc1OC. The first kappa shape index (κ1) is 13.9. The van der Waals surface area contributed by atoms with E-state index in [-0.39, 0.29) is 11.6 Å². The molecule has 2 aromatic rings. The molecule has 20 heavy (non-hydrogen) atoms. The van der Waals surface area contributed by atoms with Crippen molar-refractivity contribution in [2.24, 2.45) is 0 Å². The number of nitrogens with zero attached hydrogens (tertiary/aromatic N) is 2. The fourth-order valence-electron chi connectivity index (χ4n) is 1.69. The minimum atomic E-state index is -0.335. The lowest BCUT2D eigenvalue weighted by molar-refractivity contribution is 0.0940. The highest BCUT2D eigenvalue weighted by atomic mass is 16.6. The van der Waals surface area contributed by atoms with Gasteiger partial charge in [-0.1, -0.05) is 11.2 Å². The summed E-state index contributed by atoms with van der Waals surface area (Å²) in [6.45, 7) is 1.99. The van der Waals surface area contributed by atoms with Gasteiger partial charge in [-0.15, -0.1) is 0 Å². The molecule has 0 aliphatic carbocycles. The molecule has 7 nitrogen and oxygen atoms in total. The molecule has 7 heteroatoms. The second kappa shape index (κ2) is 6.05. The maximum Gasteiger partial charge on any atom is 0.275 e. The van der Waals surface area contributed by atoms with Crippen LogP contribution in [0.15, 0.2) is 22.8 Å². The van der Waals surface area contributed by atoms with Crippen molar-refractivity contribution in [3.05, 3.63) is 35.2 Å². The molecule has 0 aliphatic heterocycles. The molecule has 0 bridgehead atoms. The van der Waals surface area contributed by atoms with E-state index in [1.165, 1.54) is 0 Å². The van der Waals surface area contributed by atoms with Gasteiger partial charge in [0, 0.05) is 6.54 Å². The van der Waals surface area contributed by atoms with Crippen LogP contribution in [0.4, 0.5) is 0 Å². The number of hydrogen-bond acceptors (Lipinski definition) is 6. The van der Waals surface area contributed by atoms with Gasteiger partial charge in [0.1, 0.15) is 5.69 Å². The van der Waals surface area contributed by atoms with Crippen molar-refractivity contribution in [1.29, 1.82) is 0 Å². The summed E-state index contributed by atoms with van der Waals surface area (Å²) in [5.41, 5.74) is 1.52. The lowest BCUT2D eigenvalue weighted by Crippen LogP contribution is -2.23. The molecule has 0 fully saturated rings. The standard InChI is InChI=1S/C13H15N3O4/c1-8-12(16-20-15-8)13(17)14-7-9-4-5-10(18-2)11(6-9)19-3/h4-6H,7H2,1-3H3,(H,14,17). The Kier molecular flexibility index (Phi) is 4.19. The molecule has 1 N–H and O–H groups in total. The van der Waals surface area contributed by atoms with Gasteiger partial charge in [0.2, 0.25) is 0 Å². The van der Waals surface area contributed by atoms with E-state index < -0.39 is 0 Å². The minimum absolute atomic E-state index is 0.186. The van der Waals surface area contributed by atoms with Crippen molar-refractivity contribution in [2.75, 3.05) is 14.2 Å². The number of aromatic nitrogens is 2. The van der Waals surface area contributed by atoms with E-state index in [2.05, 4.69) is 20.3 Å². The summed E-state index contributed by atoms with van der Waals surface area (Å²) in [6, 6.07) is 5.42. The van der Waals surface area contributed by atoms with Crippen LogP contribution in [0.2, 0.25) is 0 Å². The molecule has 0 unspecified atom stereocenters. The fraction of sp³-hybridized carbons (Fsp3) is 0.308. The van der Waals surface area contributed by atoms with E-state index in [1.54, 1.807) is 33.3 Å². The van der Waals surface area contributed by atoms with Gasteiger partial charge in [-0.25, -0.2) is 4.63 Å². The van der Waals surface area contributed by atoms with E-state index >= 15 is 0 Å². The highest BCUT2D eigenvalue weighted by Crippen LogP contribution is 2.27. The van der Waals surface area contributed by atoms with E-state index in [1.807, 2.05) is 6.07 Å². The summed E-state index contributed by atoms with van der Waals surface area (Å²) in [6.07, 6.45) is 0. The number of nitrogens with one attached hydrogen (secondary N) is 1. The van der Waals surface area contributed by atoms with Gasteiger partial charge < -0.3 is 14.8 Å². The molecule has 0 spiro atoms. The van der Waals surface area contributed by atoms with Gasteiger partial charge in [-0.2, -0.15) is 0 Å². The Labute approximate surface area is 115 Å². The van der Waals surface area contributed by atoms with Crippen molar-refractivity contribution in [3.63, 3.8) is 0 Å². The van der Waals surface area contributed by atoms with Crippen molar-refractivity contribution in [3.8, 4) is 11.5 Å². The number of rotatable bonds is 5. The molecule has 0 radical (unpaired) electrons. The molecule has 0 saturated heterocycles. The molecule has 1 aromatic carbocycles. The Morgan fingerprint density at radius 2 is 2.00 bits per heavy atom. The maximum absolute atomic E-state index is 11.8. The molecular formula is C13H15N3O4. The predicted molar refractivity (Wildman–Crippen MR) is 69.8 cm³/mol. The zero-order valence-corrected chi connectivity index (χ0v) is 11.5. The largest absolute Gasteiger partial charge is 0.493 e. The van der Waals surface area contributed by atoms with Gasteiger partial charge >= 0.3 is 0 Å². The molecule has 1 heterocycles. The molecule has 0 saturated carbocycles. The summed E-state index contributed by atoms with van der Waals surface area (Å²) in [4.78, 5) is 11.8. The van der Waals surface area contributed by atoms with Crippen molar-refractivity contribution in [2.45, 2.75) is 13.5 Å². The number of hydrogen-bond donors (Lipinski definition) is 1. The van der Waals surface area contributed by atoms with Crippen molar-refractivity contribution < 1.29 is 18.9 Å². The molecule has 106 valence electrons. The topological polar surface area (TPSA) is 86.5 Å². The first-order valence-corrected chi connectivity index (χ1v) is 5.94. The Hall–Kier alpha value is -2.57. The average molecular weight is 277 g/mol. The number of ether oxygens (including phenoxy) is 2. The smallest absolute Gasteiger partial charge is 0.275 e. The van der Waals surface area contributed by atoms with E-state index in [0.717, 1.165) is 5.56 Å². The highest BCUT2D eigenvalue weighted by Gasteiger charge is 2.14. The monoisotopic (exact) mass is 277 g/mol. The molecule has 2 rings (SSSR count). The van der Waals surface area contributed by atoms with Crippen LogP contribution in [0.25, 0.3) is 0 Å². The number of aryl methyl sites for hydroxylation is 1. The summed E-state index contributed by atoms with van der Waals surface area (Å²) in [5, 5.41) is 9.84. The van der Waals surface area contributed by atoms with Crippen LogP contribution in [0.5, 0.6) is 11.5 Å². The van der Waals surface area contributed by atoms with Crippen LogP contribution < -0.4 is 14.8 Å². The number of carbonyl (C=O) groups excluding carboxylic acids is 1. The third kappa shape index (κ3) is 2.87.